The molecule has 114 valence electrons. The second-order valence-electron chi connectivity index (χ2n) is 4.93. The number of thiophene rings is 1. The van der Waals surface area contributed by atoms with Crippen LogP contribution in [-0.4, -0.2) is 42.6 Å². The van der Waals surface area contributed by atoms with Crippen molar-refractivity contribution in [1.82, 2.24) is 19.7 Å². The Kier molecular flexibility index (Phi) is 5.24. The number of aromatic nitrogens is 3. The third kappa shape index (κ3) is 3.98. The van der Waals surface area contributed by atoms with Crippen molar-refractivity contribution < 1.29 is 9.00 Å². The molecule has 0 aliphatic heterocycles. The largest absolute Gasteiger partial charge is 0.340 e. The molecule has 0 saturated heterocycles. The summed E-state index contributed by atoms with van der Waals surface area (Å²) in [6.45, 7) is 4.44. The molecule has 2 heterocycles. The van der Waals surface area contributed by atoms with E-state index in [2.05, 4.69) is 10.2 Å². The fourth-order valence-corrected chi connectivity index (χ4v) is 3.72. The monoisotopic (exact) mass is 326 g/mol. The Morgan fingerprint density at radius 2 is 2.29 bits per heavy atom. The van der Waals surface area contributed by atoms with E-state index < -0.39 is 10.8 Å². The van der Waals surface area contributed by atoms with Gasteiger partial charge in [-0.2, -0.15) is 0 Å². The minimum atomic E-state index is -1.48. The molecule has 0 aliphatic rings. The van der Waals surface area contributed by atoms with Crippen LogP contribution in [0.1, 0.15) is 24.8 Å². The van der Waals surface area contributed by atoms with Crippen molar-refractivity contribution in [3.63, 3.8) is 0 Å². The van der Waals surface area contributed by atoms with Gasteiger partial charge in [-0.1, -0.05) is 6.07 Å². The van der Waals surface area contributed by atoms with Crippen molar-refractivity contribution in [3.8, 4) is 0 Å². The number of nitrogens with zero attached hydrogens (tertiary/aromatic N) is 4. The van der Waals surface area contributed by atoms with Crippen LogP contribution in [0.4, 0.5) is 0 Å². The molecule has 2 aromatic heterocycles. The quantitative estimate of drug-likeness (QED) is 0.810. The Hall–Kier alpha value is -1.54. The second-order valence-corrected chi connectivity index (χ2v) is 7.31. The SMILES string of the molecule is CC(C)n1cnnc1[S@@](=O)CC(=O)N(C)Cc1cccs1. The van der Waals surface area contributed by atoms with Gasteiger partial charge in [0.1, 0.15) is 22.9 Å². The van der Waals surface area contributed by atoms with E-state index in [4.69, 9.17) is 0 Å². The van der Waals surface area contributed by atoms with Crippen molar-refractivity contribution in [2.75, 3.05) is 12.8 Å². The minimum Gasteiger partial charge on any atom is -0.340 e. The topological polar surface area (TPSA) is 68.1 Å². The first-order valence-corrected chi connectivity index (χ1v) is 8.73. The van der Waals surface area contributed by atoms with Crippen LogP contribution in [0.25, 0.3) is 0 Å². The molecule has 0 radical (unpaired) electrons. The summed E-state index contributed by atoms with van der Waals surface area (Å²) < 4.78 is 14.0. The van der Waals surface area contributed by atoms with Crippen LogP contribution in [-0.2, 0) is 22.1 Å². The fourth-order valence-electron chi connectivity index (χ4n) is 1.76. The van der Waals surface area contributed by atoms with Crippen LogP contribution in [0, 0.1) is 0 Å². The summed E-state index contributed by atoms with van der Waals surface area (Å²) in [6, 6.07) is 4.03. The van der Waals surface area contributed by atoms with E-state index in [0.29, 0.717) is 11.7 Å². The zero-order valence-electron chi connectivity index (χ0n) is 12.2. The van der Waals surface area contributed by atoms with E-state index in [1.807, 2.05) is 31.4 Å². The van der Waals surface area contributed by atoms with Gasteiger partial charge < -0.3 is 9.47 Å². The Morgan fingerprint density at radius 1 is 1.52 bits per heavy atom. The summed E-state index contributed by atoms with van der Waals surface area (Å²) in [5, 5.41) is 9.96. The lowest BCUT2D eigenvalue weighted by Gasteiger charge is -2.16. The number of hydrogen-bond donors (Lipinski definition) is 0. The molecule has 0 aromatic carbocycles. The summed E-state index contributed by atoms with van der Waals surface area (Å²) in [5.74, 6) is -0.243. The van der Waals surface area contributed by atoms with Crippen LogP contribution >= 0.6 is 11.3 Å². The number of amides is 1. The average Bonchev–Trinajstić information content (AvgIpc) is 3.08. The standard InChI is InChI=1S/C13H18N4O2S2/c1-10(2)17-9-14-15-13(17)21(19)8-12(18)16(3)7-11-5-4-6-20-11/h4-6,9-10H,7-8H2,1-3H3/t21-/m0/s1. The van der Waals surface area contributed by atoms with Crippen molar-refractivity contribution in [2.24, 2.45) is 0 Å². The lowest BCUT2D eigenvalue weighted by molar-refractivity contribution is -0.127. The second kappa shape index (κ2) is 6.95. The molecule has 21 heavy (non-hydrogen) atoms. The van der Waals surface area contributed by atoms with Crippen LogP contribution in [0.3, 0.4) is 0 Å². The molecule has 2 aromatic rings. The number of rotatable bonds is 6. The van der Waals surface area contributed by atoms with Gasteiger partial charge in [0, 0.05) is 18.0 Å². The zero-order valence-corrected chi connectivity index (χ0v) is 13.9. The molecular weight excluding hydrogens is 308 g/mol. The Bertz CT molecular complexity index is 622. The third-order valence-corrected chi connectivity index (χ3v) is 5.02. The lowest BCUT2D eigenvalue weighted by Crippen LogP contribution is -2.30. The van der Waals surface area contributed by atoms with Gasteiger partial charge in [-0.05, 0) is 25.3 Å². The highest BCUT2D eigenvalue weighted by Gasteiger charge is 2.20. The van der Waals surface area contributed by atoms with E-state index >= 15 is 0 Å². The predicted molar refractivity (Wildman–Crippen MR) is 82.5 cm³/mol. The molecule has 0 unspecified atom stereocenters. The van der Waals surface area contributed by atoms with Gasteiger partial charge in [0.2, 0.25) is 11.1 Å². The maximum absolute atomic E-state index is 12.3. The Labute approximate surface area is 130 Å². The number of hydrogen-bond acceptors (Lipinski definition) is 5. The maximum atomic E-state index is 12.3. The molecular formula is C13H18N4O2S2. The van der Waals surface area contributed by atoms with E-state index in [1.165, 1.54) is 6.33 Å². The maximum Gasteiger partial charge on any atom is 0.235 e. The molecule has 8 heteroatoms. The minimum absolute atomic E-state index is 0.0761. The lowest BCUT2D eigenvalue weighted by atomic mass is 10.4. The molecule has 1 amide bonds. The van der Waals surface area contributed by atoms with Gasteiger partial charge in [0.25, 0.3) is 0 Å². The van der Waals surface area contributed by atoms with Gasteiger partial charge in [0.05, 0.1) is 6.54 Å². The molecule has 0 spiro atoms. The normalized spacial score (nSPS) is 12.6. The molecule has 0 N–H and O–H groups in total. The third-order valence-electron chi connectivity index (χ3n) is 2.95. The van der Waals surface area contributed by atoms with Crippen molar-refractivity contribution in [1.29, 1.82) is 0 Å². The van der Waals surface area contributed by atoms with Crippen molar-refractivity contribution in [3.05, 3.63) is 28.7 Å². The molecule has 0 bridgehead atoms. The van der Waals surface area contributed by atoms with Gasteiger partial charge in [-0.15, -0.1) is 21.5 Å². The molecule has 0 saturated carbocycles. The highest BCUT2D eigenvalue weighted by Crippen LogP contribution is 2.13. The van der Waals surface area contributed by atoms with E-state index in [-0.39, 0.29) is 17.7 Å². The van der Waals surface area contributed by atoms with Crippen LogP contribution < -0.4 is 0 Å². The molecule has 1 atom stereocenters. The van der Waals surface area contributed by atoms with E-state index in [9.17, 15) is 9.00 Å². The first-order chi connectivity index (χ1) is 9.99. The summed E-state index contributed by atoms with van der Waals surface area (Å²) in [6.07, 6.45) is 1.54. The first-order valence-electron chi connectivity index (χ1n) is 6.53. The average molecular weight is 326 g/mol. The predicted octanol–water partition coefficient (Wildman–Crippen LogP) is 1.69. The van der Waals surface area contributed by atoms with Crippen LogP contribution in [0.5, 0.6) is 0 Å². The summed E-state index contributed by atoms with van der Waals surface area (Å²) in [5.41, 5.74) is 0. The van der Waals surface area contributed by atoms with E-state index in [1.54, 1.807) is 27.9 Å². The Morgan fingerprint density at radius 3 is 2.90 bits per heavy atom. The van der Waals surface area contributed by atoms with E-state index in [0.717, 1.165) is 4.88 Å². The molecule has 0 aliphatic carbocycles. The number of carbonyl (C=O) groups is 1. The fraction of sp³-hybridized carbons (Fsp3) is 0.462. The molecule has 6 nitrogen and oxygen atoms in total. The smallest absolute Gasteiger partial charge is 0.235 e. The van der Waals surface area contributed by atoms with Gasteiger partial charge in [-0.3, -0.25) is 9.00 Å². The summed E-state index contributed by atoms with van der Waals surface area (Å²) in [7, 11) is 0.233. The molecule has 0 fully saturated rings. The zero-order chi connectivity index (χ0) is 15.4. The van der Waals surface area contributed by atoms with Crippen LogP contribution in [0.2, 0.25) is 0 Å². The van der Waals surface area contributed by atoms with Gasteiger partial charge >= 0.3 is 0 Å². The van der Waals surface area contributed by atoms with Crippen molar-refractivity contribution in [2.45, 2.75) is 31.6 Å². The first kappa shape index (κ1) is 15.8. The van der Waals surface area contributed by atoms with Crippen LogP contribution in [0.15, 0.2) is 29.0 Å². The summed E-state index contributed by atoms with van der Waals surface area (Å²) in [4.78, 5) is 14.8. The number of carbonyl (C=O) groups excluding carboxylic acids is 1. The van der Waals surface area contributed by atoms with Gasteiger partial charge in [-0.25, -0.2) is 0 Å². The van der Waals surface area contributed by atoms with Crippen molar-refractivity contribution >= 4 is 28.0 Å². The summed E-state index contributed by atoms with van der Waals surface area (Å²) >= 11 is 1.60. The van der Waals surface area contributed by atoms with Gasteiger partial charge in [0.15, 0.2) is 0 Å². The Balaban J connectivity index is 1.98. The molecule has 2 rings (SSSR count). The highest BCUT2D eigenvalue weighted by atomic mass is 32.2. The highest BCUT2D eigenvalue weighted by molar-refractivity contribution is 7.85.